The number of anilines is 1. The molecule has 0 unspecified atom stereocenters. The Bertz CT molecular complexity index is 1000. The highest BCUT2D eigenvalue weighted by molar-refractivity contribution is 7.91. The summed E-state index contributed by atoms with van der Waals surface area (Å²) in [6.45, 7) is 4.53. The van der Waals surface area contributed by atoms with Gasteiger partial charge in [-0.25, -0.2) is 8.42 Å². The monoisotopic (exact) mass is 449 g/mol. The van der Waals surface area contributed by atoms with Crippen molar-refractivity contribution in [1.82, 2.24) is 9.62 Å². The lowest BCUT2D eigenvalue weighted by Gasteiger charge is -2.34. The Morgan fingerprint density at radius 2 is 1.93 bits per heavy atom. The van der Waals surface area contributed by atoms with E-state index in [1.54, 1.807) is 27.9 Å². The van der Waals surface area contributed by atoms with E-state index in [0.29, 0.717) is 22.9 Å². The number of carbonyl (C=O) groups is 2. The molecule has 30 heavy (non-hydrogen) atoms. The zero-order valence-electron chi connectivity index (χ0n) is 17.2. The van der Waals surface area contributed by atoms with Crippen LogP contribution in [0.25, 0.3) is 0 Å². The lowest BCUT2D eigenvalue weighted by Crippen LogP contribution is -2.45. The van der Waals surface area contributed by atoms with E-state index in [4.69, 9.17) is 0 Å². The Morgan fingerprint density at radius 3 is 2.67 bits per heavy atom. The number of aryl methyl sites for hydroxylation is 1. The summed E-state index contributed by atoms with van der Waals surface area (Å²) in [4.78, 5) is 24.4. The maximum atomic E-state index is 12.9. The van der Waals surface area contributed by atoms with Crippen molar-refractivity contribution >= 4 is 38.9 Å². The molecule has 3 rings (SSSR count). The Kier molecular flexibility index (Phi) is 7.27. The van der Waals surface area contributed by atoms with Gasteiger partial charge in [-0.3, -0.25) is 9.59 Å². The molecule has 2 amide bonds. The first-order chi connectivity index (χ1) is 14.3. The van der Waals surface area contributed by atoms with E-state index in [1.165, 1.54) is 11.3 Å². The molecule has 0 bridgehead atoms. The van der Waals surface area contributed by atoms with Gasteiger partial charge < -0.3 is 10.6 Å². The van der Waals surface area contributed by atoms with Crippen molar-refractivity contribution in [3.8, 4) is 0 Å². The van der Waals surface area contributed by atoms with Gasteiger partial charge in [-0.1, -0.05) is 24.6 Å². The minimum absolute atomic E-state index is 0.187. The molecule has 2 aromatic rings. The normalized spacial score (nSPS) is 17.5. The number of carbonyl (C=O) groups excluding carboxylic acids is 2. The third-order valence-corrected chi connectivity index (χ3v) is 8.78. The fraction of sp³-hybridized carbons (Fsp3) is 0.429. The molecule has 1 saturated heterocycles. The summed E-state index contributed by atoms with van der Waals surface area (Å²) < 4.78 is 27.7. The average Bonchev–Trinajstić information content (AvgIpc) is 3.27. The third kappa shape index (κ3) is 5.08. The number of nitrogens with one attached hydrogen (secondary N) is 2. The van der Waals surface area contributed by atoms with Crippen molar-refractivity contribution in [2.24, 2.45) is 0 Å². The minimum Gasteiger partial charge on any atom is -0.348 e. The number of sulfonamides is 1. The maximum absolute atomic E-state index is 12.9. The summed E-state index contributed by atoms with van der Waals surface area (Å²) in [7, 11) is -3.52. The van der Waals surface area contributed by atoms with E-state index < -0.39 is 21.8 Å². The first-order valence-corrected chi connectivity index (χ1v) is 12.3. The Morgan fingerprint density at radius 1 is 1.13 bits per heavy atom. The van der Waals surface area contributed by atoms with Crippen molar-refractivity contribution in [2.75, 3.05) is 18.4 Å². The summed E-state index contributed by atoms with van der Waals surface area (Å²) in [5.74, 6) is -1.45. The predicted octanol–water partition coefficient (Wildman–Crippen LogP) is 3.05. The maximum Gasteiger partial charge on any atom is 0.313 e. The second-order valence-corrected chi connectivity index (χ2v) is 10.5. The van der Waals surface area contributed by atoms with Gasteiger partial charge in [0, 0.05) is 24.8 Å². The molecule has 9 heteroatoms. The van der Waals surface area contributed by atoms with Crippen molar-refractivity contribution in [1.29, 1.82) is 0 Å². The van der Waals surface area contributed by atoms with Crippen LogP contribution < -0.4 is 10.6 Å². The smallest absolute Gasteiger partial charge is 0.313 e. The molecule has 1 aromatic carbocycles. The summed E-state index contributed by atoms with van der Waals surface area (Å²) in [6.07, 6.45) is 2.98. The Balaban J connectivity index is 1.56. The van der Waals surface area contributed by atoms with Gasteiger partial charge in [0.1, 0.15) is 4.21 Å². The number of benzene rings is 1. The highest BCUT2D eigenvalue weighted by atomic mass is 32.2. The molecule has 1 atom stereocenters. The van der Waals surface area contributed by atoms with Crippen LogP contribution in [-0.2, 0) is 19.6 Å². The summed E-state index contributed by atoms with van der Waals surface area (Å²) in [5, 5.41) is 7.01. The van der Waals surface area contributed by atoms with E-state index in [2.05, 4.69) is 10.6 Å². The number of piperidine rings is 1. The highest BCUT2D eigenvalue weighted by Crippen LogP contribution is 2.29. The third-order valence-electron chi connectivity index (χ3n) is 5.45. The topological polar surface area (TPSA) is 95.6 Å². The summed E-state index contributed by atoms with van der Waals surface area (Å²) >= 11 is 1.21. The number of nitrogens with zero attached hydrogens (tertiary/aromatic N) is 1. The molecule has 162 valence electrons. The molecular weight excluding hydrogens is 422 g/mol. The minimum atomic E-state index is -3.52. The van der Waals surface area contributed by atoms with Crippen LogP contribution in [0.2, 0.25) is 0 Å². The van der Waals surface area contributed by atoms with Gasteiger partial charge in [0.15, 0.2) is 0 Å². The van der Waals surface area contributed by atoms with Crippen molar-refractivity contribution in [2.45, 2.75) is 49.8 Å². The molecule has 7 nitrogen and oxygen atoms in total. The van der Waals surface area contributed by atoms with E-state index in [0.717, 1.165) is 30.4 Å². The number of hydrogen-bond donors (Lipinski definition) is 2. The van der Waals surface area contributed by atoms with E-state index >= 15 is 0 Å². The number of hydrogen-bond acceptors (Lipinski definition) is 5. The van der Waals surface area contributed by atoms with Crippen LogP contribution in [0.15, 0.2) is 39.9 Å². The van der Waals surface area contributed by atoms with Crippen LogP contribution in [0.4, 0.5) is 5.69 Å². The highest BCUT2D eigenvalue weighted by Gasteiger charge is 2.33. The van der Waals surface area contributed by atoms with E-state index in [9.17, 15) is 18.0 Å². The SMILES string of the molecule is Cc1cccc(NC(=O)C(=O)NCC[C@@H]2CCCCN2S(=O)(=O)c2cccs2)c1C. The summed E-state index contributed by atoms with van der Waals surface area (Å²) in [5.41, 5.74) is 2.54. The van der Waals surface area contributed by atoms with Crippen LogP contribution in [0, 0.1) is 13.8 Å². The molecule has 2 heterocycles. The van der Waals surface area contributed by atoms with E-state index in [1.807, 2.05) is 26.0 Å². The van der Waals surface area contributed by atoms with Crippen molar-refractivity contribution in [3.63, 3.8) is 0 Å². The Labute approximate surface area is 181 Å². The van der Waals surface area contributed by atoms with Gasteiger partial charge in [0.2, 0.25) is 0 Å². The second kappa shape index (κ2) is 9.72. The van der Waals surface area contributed by atoms with Gasteiger partial charge in [0.05, 0.1) is 0 Å². The fourth-order valence-electron chi connectivity index (χ4n) is 3.60. The predicted molar refractivity (Wildman–Crippen MR) is 118 cm³/mol. The quantitative estimate of drug-likeness (QED) is 0.663. The molecule has 0 saturated carbocycles. The van der Waals surface area contributed by atoms with Gasteiger partial charge in [-0.05, 0) is 61.7 Å². The Hall–Kier alpha value is -2.23. The molecular formula is C21H27N3O4S2. The molecule has 0 spiro atoms. The standard InChI is InChI=1S/C21H27N3O4S2/c1-15-7-5-9-18(16(15)2)23-21(26)20(25)22-12-11-17-8-3-4-13-24(17)30(27,28)19-10-6-14-29-19/h5-7,9-10,14,17H,3-4,8,11-13H2,1-2H3,(H,22,25)(H,23,26)/t17-/m0/s1. The molecule has 0 aliphatic carbocycles. The first-order valence-electron chi connectivity index (χ1n) is 10.0. The molecule has 1 aliphatic heterocycles. The number of amides is 2. The average molecular weight is 450 g/mol. The van der Waals surface area contributed by atoms with Gasteiger partial charge >= 0.3 is 11.8 Å². The second-order valence-electron chi connectivity index (χ2n) is 7.44. The van der Waals surface area contributed by atoms with Gasteiger partial charge in [-0.15, -0.1) is 11.3 Å². The van der Waals surface area contributed by atoms with Crippen molar-refractivity contribution in [3.05, 3.63) is 46.8 Å². The zero-order valence-corrected chi connectivity index (χ0v) is 18.8. The number of rotatable bonds is 6. The number of thiophene rings is 1. The van der Waals surface area contributed by atoms with Crippen LogP contribution in [-0.4, -0.2) is 43.7 Å². The van der Waals surface area contributed by atoms with Crippen LogP contribution >= 0.6 is 11.3 Å². The van der Waals surface area contributed by atoms with Crippen LogP contribution in [0.1, 0.15) is 36.8 Å². The fourth-order valence-corrected chi connectivity index (χ4v) is 6.45. The molecule has 1 aliphatic rings. The lowest BCUT2D eigenvalue weighted by molar-refractivity contribution is -0.136. The van der Waals surface area contributed by atoms with Crippen molar-refractivity contribution < 1.29 is 18.0 Å². The van der Waals surface area contributed by atoms with E-state index in [-0.39, 0.29) is 12.6 Å². The molecule has 1 fully saturated rings. The lowest BCUT2D eigenvalue weighted by atomic mass is 10.0. The molecule has 0 radical (unpaired) electrons. The summed E-state index contributed by atoms with van der Waals surface area (Å²) in [6, 6.07) is 8.67. The van der Waals surface area contributed by atoms with Crippen LogP contribution in [0.3, 0.4) is 0 Å². The first kappa shape index (κ1) is 22.5. The molecule has 1 aromatic heterocycles. The van der Waals surface area contributed by atoms with Gasteiger partial charge in [-0.2, -0.15) is 4.31 Å². The largest absolute Gasteiger partial charge is 0.348 e. The van der Waals surface area contributed by atoms with Gasteiger partial charge in [0.25, 0.3) is 10.0 Å². The van der Waals surface area contributed by atoms with Crippen LogP contribution in [0.5, 0.6) is 0 Å². The zero-order chi connectivity index (χ0) is 21.7. The molecule has 2 N–H and O–H groups in total.